The van der Waals surface area contributed by atoms with Gasteiger partial charge in [0.2, 0.25) is 0 Å². The van der Waals surface area contributed by atoms with Crippen LogP contribution >= 0.6 is 23.8 Å². The lowest BCUT2D eigenvalue weighted by atomic mass is 10.2. The van der Waals surface area contributed by atoms with E-state index in [1.165, 1.54) is 6.07 Å². The first-order valence-electron chi connectivity index (χ1n) is 6.72. The topological polar surface area (TPSA) is 27.3 Å². The zero-order valence-corrected chi connectivity index (χ0v) is 13.9. The lowest BCUT2D eigenvalue weighted by molar-refractivity contribution is 0.627. The van der Waals surface area contributed by atoms with Gasteiger partial charge in [-0.15, -0.1) is 0 Å². The molecule has 6 heteroatoms. The van der Waals surface area contributed by atoms with E-state index in [-0.39, 0.29) is 5.02 Å². The Morgan fingerprint density at radius 1 is 1.18 bits per heavy atom. The van der Waals surface area contributed by atoms with Crippen LogP contribution in [0.1, 0.15) is 5.56 Å². The van der Waals surface area contributed by atoms with E-state index in [1.54, 1.807) is 12.1 Å². The fourth-order valence-corrected chi connectivity index (χ4v) is 2.24. The third-order valence-electron chi connectivity index (χ3n) is 3.08. The Bertz CT molecular complexity index is 659. The fourth-order valence-electron chi connectivity index (χ4n) is 1.85. The lowest BCUT2D eigenvalue weighted by Crippen LogP contribution is -2.27. The summed E-state index contributed by atoms with van der Waals surface area (Å²) in [5.74, 6) is -0.424. The van der Waals surface area contributed by atoms with Crippen LogP contribution in [0.15, 0.2) is 42.5 Å². The van der Waals surface area contributed by atoms with Crippen molar-refractivity contribution in [3.05, 3.63) is 58.9 Å². The smallest absolute Gasteiger partial charge is 0.171 e. The highest BCUT2D eigenvalue weighted by Gasteiger charge is 2.03. The van der Waals surface area contributed by atoms with E-state index < -0.39 is 5.82 Å². The number of halogens is 2. The number of hydrogen-bond acceptors (Lipinski definition) is 2. The largest absolute Gasteiger partial charge is 0.378 e. The van der Waals surface area contributed by atoms with Gasteiger partial charge in [-0.3, -0.25) is 0 Å². The van der Waals surface area contributed by atoms with E-state index in [9.17, 15) is 4.39 Å². The average molecular weight is 338 g/mol. The third-order valence-corrected chi connectivity index (χ3v) is 3.61. The molecule has 0 radical (unpaired) electrons. The van der Waals surface area contributed by atoms with Gasteiger partial charge in [0.25, 0.3) is 0 Å². The Labute approximate surface area is 140 Å². The standard InChI is InChI=1S/C16H17ClFN3S/c1-21(2)13-6-4-12(5-7-13)20-16(22)19-10-11-3-8-15(18)14(17)9-11/h3-9H,10H2,1-2H3,(H2,19,20,22). The van der Waals surface area contributed by atoms with Crippen LogP contribution < -0.4 is 15.5 Å². The second kappa shape index (κ2) is 7.42. The molecule has 2 aromatic rings. The lowest BCUT2D eigenvalue weighted by Gasteiger charge is -2.14. The maximum absolute atomic E-state index is 13.1. The first-order chi connectivity index (χ1) is 10.5. The van der Waals surface area contributed by atoms with Crippen molar-refractivity contribution in [1.29, 1.82) is 0 Å². The molecule has 0 saturated heterocycles. The minimum absolute atomic E-state index is 0.109. The third kappa shape index (κ3) is 4.58. The highest BCUT2D eigenvalue weighted by atomic mass is 35.5. The van der Waals surface area contributed by atoms with Crippen molar-refractivity contribution in [3.63, 3.8) is 0 Å². The summed E-state index contributed by atoms with van der Waals surface area (Å²) in [5, 5.41) is 6.77. The molecule has 2 rings (SSSR count). The molecule has 0 aromatic heterocycles. The van der Waals surface area contributed by atoms with E-state index in [1.807, 2.05) is 43.3 Å². The molecule has 0 aliphatic heterocycles. The summed E-state index contributed by atoms with van der Waals surface area (Å²) in [6, 6.07) is 12.5. The van der Waals surface area contributed by atoms with Gasteiger partial charge in [0.1, 0.15) is 5.82 Å². The quantitative estimate of drug-likeness (QED) is 0.824. The minimum Gasteiger partial charge on any atom is -0.378 e. The highest BCUT2D eigenvalue weighted by molar-refractivity contribution is 7.80. The van der Waals surface area contributed by atoms with Gasteiger partial charge in [-0.2, -0.15) is 0 Å². The molecule has 116 valence electrons. The summed E-state index contributed by atoms with van der Waals surface area (Å²) >= 11 is 11.0. The molecule has 0 aliphatic carbocycles. The predicted octanol–water partition coefficient (Wildman–Crippen LogP) is 4.03. The van der Waals surface area contributed by atoms with Crippen molar-refractivity contribution in [1.82, 2.24) is 5.32 Å². The second-order valence-corrected chi connectivity index (χ2v) is 5.81. The Balaban J connectivity index is 1.88. The summed E-state index contributed by atoms with van der Waals surface area (Å²) in [4.78, 5) is 2.03. The van der Waals surface area contributed by atoms with Crippen LogP contribution in [-0.2, 0) is 6.54 Å². The van der Waals surface area contributed by atoms with Gasteiger partial charge in [-0.1, -0.05) is 17.7 Å². The van der Waals surface area contributed by atoms with Crippen molar-refractivity contribution in [2.75, 3.05) is 24.3 Å². The second-order valence-electron chi connectivity index (χ2n) is 5.00. The maximum atomic E-state index is 13.1. The van der Waals surface area contributed by atoms with Crippen LogP contribution in [0.2, 0.25) is 5.02 Å². The summed E-state index contributed by atoms with van der Waals surface area (Å²) in [7, 11) is 3.98. The molecule has 0 aliphatic rings. The van der Waals surface area contributed by atoms with Crippen LogP contribution in [0, 0.1) is 5.82 Å². The molecule has 0 bridgehead atoms. The normalized spacial score (nSPS) is 10.2. The zero-order chi connectivity index (χ0) is 16.1. The van der Waals surface area contributed by atoms with Gasteiger partial charge in [0.05, 0.1) is 5.02 Å². The molecule has 2 aromatic carbocycles. The number of nitrogens with zero attached hydrogens (tertiary/aromatic N) is 1. The van der Waals surface area contributed by atoms with Gasteiger partial charge in [-0.25, -0.2) is 4.39 Å². The SMILES string of the molecule is CN(C)c1ccc(NC(=S)NCc2ccc(F)c(Cl)c2)cc1. The Hall–Kier alpha value is -1.85. The van der Waals surface area contributed by atoms with Crippen molar-refractivity contribution < 1.29 is 4.39 Å². The van der Waals surface area contributed by atoms with Gasteiger partial charge in [0, 0.05) is 32.0 Å². The fraction of sp³-hybridized carbons (Fsp3) is 0.188. The van der Waals surface area contributed by atoms with Crippen molar-refractivity contribution in [2.45, 2.75) is 6.54 Å². The first kappa shape index (κ1) is 16.5. The number of benzene rings is 2. The van der Waals surface area contributed by atoms with Crippen LogP contribution in [0.3, 0.4) is 0 Å². The van der Waals surface area contributed by atoms with E-state index >= 15 is 0 Å². The summed E-state index contributed by atoms with van der Waals surface area (Å²) in [6.45, 7) is 0.474. The molecule has 0 amide bonds. The zero-order valence-electron chi connectivity index (χ0n) is 12.4. The van der Waals surface area contributed by atoms with E-state index in [4.69, 9.17) is 23.8 Å². The van der Waals surface area contributed by atoms with Crippen LogP contribution in [-0.4, -0.2) is 19.2 Å². The minimum atomic E-state index is -0.424. The predicted molar refractivity (Wildman–Crippen MR) is 95.2 cm³/mol. The number of rotatable bonds is 4. The van der Waals surface area contributed by atoms with Gasteiger partial charge in [0.15, 0.2) is 5.11 Å². The Kier molecular flexibility index (Phi) is 5.57. The van der Waals surface area contributed by atoms with Crippen molar-refractivity contribution in [2.24, 2.45) is 0 Å². The molecule has 0 unspecified atom stereocenters. The molecule has 22 heavy (non-hydrogen) atoms. The van der Waals surface area contributed by atoms with Gasteiger partial charge < -0.3 is 15.5 Å². The number of hydrogen-bond donors (Lipinski definition) is 2. The first-order valence-corrected chi connectivity index (χ1v) is 7.50. The van der Waals surface area contributed by atoms with Crippen LogP contribution in [0.5, 0.6) is 0 Å². The molecule has 2 N–H and O–H groups in total. The van der Waals surface area contributed by atoms with E-state index in [0.29, 0.717) is 11.7 Å². The maximum Gasteiger partial charge on any atom is 0.171 e. The molecule has 3 nitrogen and oxygen atoms in total. The molecule has 0 saturated carbocycles. The Morgan fingerprint density at radius 3 is 2.45 bits per heavy atom. The van der Waals surface area contributed by atoms with Crippen molar-refractivity contribution >= 4 is 40.3 Å². The number of anilines is 2. The molecular formula is C16H17ClFN3S. The summed E-state index contributed by atoms with van der Waals surface area (Å²) in [6.07, 6.45) is 0. The van der Waals surface area contributed by atoms with Crippen LogP contribution in [0.25, 0.3) is 0 Å². The summed E-state index contributed by atoms with van der Waals surface area (Å²) < 4.78 is 13.1. The molecule has 0 spiro atoms. The molecule has 0 heterocycles. The van der Waals surface area contributed by atoms with Gasteiger partial charge in [-0.05, 0) is 54.2 Å². The highest BCUT2D eigenvalue weighted by Crippen LogP contribution is 2.17. The van der Waals surface area contributed by atoms with Gasteiger partial charge >= 0.3 is 0 Å². The molecule has 0 fully saturated rings. The number of thiocarbonyl (C=S) groups is 1. The average Bonchev–Trinajstić information content (AvgIpc) is 2.49. The summed E-state index contributed by atoms with van der Waals surface area (Å²) in [5.41, 5.74) is 2.88. The van der Waals surface area contributed by atoms with E-state index in [0.717, 1.165) is 16.9 Å². The van der Waals surface area contributed by atoms with Crippen molar-refractivity contribution in [3.8, 4) is 0 Å². The monoisotopic (exact) mass is 337 g/mol. The van der Waals surface area contributed by atoms with Crippen LogP contribution in [0.4, 0.5) is 15.8 Å². The molecule has 0 atom stereocenters. The van der Waals surface area contributed by atoms with E-state index in [2.05, 4.69) is 10.6 Å². The molecular weight excluding hydrogens is 321 g/mol. The number of nitrogens with one attached hydrogen (secondary N) is 2. The Morgan fingerprint density at radius 2 is 1.86 bits per heavy atom.